The highest BCUT2D eigenvalue weighted by Gasteiger charge is 2.41. The fourth-order valence-electron chi connectivity index (χ4n) is 11.1. The van der Waals surface area contributed by atoms with Crippen LogP contribution in [-0.4, -0.2) is 19.1 Å². The maximum absolute atomic E-state index is 5.12. The fourth-order valence-corrected chi connectivity index (χ4v) is 11.1. The Morgan fingerprint density at radius 3 is 1.76 bits per heavy atom. The molecule has 58 heavy (non-hydrogen) atoms. The average Bonchev–Trinajstić information content (AvgIpc) is 3.71. The second-order valence-electron chi connectivity index (χ2n) is 19.6. The van der Waals surface area contributed by atoms with E-state index < -0.39 is 0 Å². The maximum atomic E-state index is 5.12. The fraction of sp³-hybridized carbons (Fsp3) is 0.245. The standard InChI is InChI=1S/C53H47N5/c1-50(2,3)30-25-35-32-22-21-31(27-43(32)57-47(35)41(26-30)53(8,9)39-19-14-24-55-49(39)57)56-42-20-11-10-16-36(42)51(4,5)40-28-34-33-15-12-17-37-46(33)58(44(34)29-45(40)56)48-38(52(37,6)7)18-13-23-54-48/h10-29H,1-9H3. The Morgan fingerprint density at radius 2 is 1.05 bits per heavy atom. The van der Waals surface area contributed by atoms with Gasteiger partial charge >= 0.3 is 0 Å². The van der Waals surface area contributed by atoms with E-state index in [0.717, 1.165) is 17.3 Å². The van der Waals surface area contributed by atoms with Crippen LogP contribution in [0.5, 0.6) is 0 Å². The molecule has 0 aliphatic carbocycles. The summed E-state index contributed by atoms with van der Waals surface area (Å²) in [4.78, 5) is 12.7. The van der Waals surface area contributed by atoms with Crippen molar-refractivity contribution in [1.82, 2.24) is 19.1 Å². The van der Waals surface area contributed by atoms with Gasteiger partial charge in [-0.2, -0.15) is 0 Å². The molecule has 7 heterocycles. The molecule has 3 aliphatic heterocycles. The Bertz CT molecular complexity index is 3310. The van der Waals surface area contributed by atoms with Gasteiger partial charge in [-0.1, -0.05) is 123 Å². The molecule has 5 nitrogen and oxygen atoms in total. The zero-order valence-electron chi connectivity index (χ0n) is 34.8. The molecule has 0 unspecified atom stereocenters. The molecule has 0 fully saturated rings. The van der Waals surface area contributed by atoms with Gasteiger partial charge in [-0.3, -0.25) is 9.13 Å². The highest BCUT2D eigenvalue weighted by molar-refractivity contribution is 6.15. The smallest absolute Gasteiger partial charge is 0.141 e. The van der Waals surface area contributed by atoms with Crippen molar-refractivity contribution in [1.29, 1.82) is 0 Å². The molecule has 9 aromatic rings. The van der Waals surface area contributed by atoms with Crippen molar-refractivity contribution in [2.45, 2.75) is 84.0 Å². The molecular formula is C53H47N5. The van der Waals surface area contributed by atoms with E-state index in [1.165, 1.54) is 93.9 Å². The third-order valence-corrected chi connectivity index (χ3v) is 14.3. The normalized spacial score (nSPS) is 16.7. The van der Waals surface area contributed by atoms with Crippen molar-refractivity contribution in [3.63, 3.8) is 0 Å². The summed E-state index contributed by atoms with van der Waals surface area (Å²) < 4.78 is 4.90. The summed E-state index contributed by atoms with van der Waals surface area (Å²) >= 11 is 0. The van der Waals surface area contributed by atoms with Crippen LogP contribution in [0.3, 0.4) is 0 Å². The number of rotatable bonds is 1. The van der Waals surface area contributed by atoms with Crippen molar-refractivity contribution < 1.29 is 0 Å². The van der Waals surface area contributed by atoms with Gasteiger partial charge in [0.05, 0.1) is 33.4 Å². The van der Waals surface area contributed by atoms with Crippen LogP contribution in [0, 0.1) is 0 Å². The SMILES string of the molecule is CC(C)(C)c1cc2c3c(c1)c1ccc(N4c5ccccc5C(C)(C)c5cc6c7cccc8c7n(c6cc54)-c4ncccc4C8(C)C)cc1n3-c1ncccc1C2(C)C. The van der Waals surface area contributed by atoms with Gasteiger partial charge in [-0.05, 0) is 81.8 Å². The zero-order chi connectivity index (χ0) is 39.8. The lowest BCUT2D eigenvalue weighted by Gasteiger charge is -2.42. The van der Waals surface area contributed by atoms with Gasteiger partial charge in [0, 0.05) is 67.0 Å². The lowest BCUT2D eigenvalue weighted by atomic mass is 9.73. The van der Waals surface area contributed by atoms with Crippen LogP contribution in [0.15, 0.2) is 122 Å². The summed E-state index contributed by atoms with van der Waals surface area (Å²) in [5, 5.41) is 5.09. The zero-order valence-corrected chi connectivity index (χ0v) is 34.8. The van der Waals surface area contributed by atoms with Gasteiger partial charge in [0.25, 0.3) is 0 Å². The first-order valence-corrected chi connectivity index (χ1v) is 20.8. The molecule has 0 atom stereocenters. The Labute approximate surface area is 339 Å². The molecular weight excluding hydrogens is 707 g/mol. The second kappa shape index (κ2) is 10.6. The minimum atomic E-state index is -0.245. The second-order valence-corrected chi connectivity index (χ2v) is 19.6. The highest BCUT2D eigenvalue weighted by atomic mass is 15.2. The van der Waals surface area contributed by atoms with Crippen LogP contribution in [0.25, 0.3) is 55.2 Å². The number of nitrogens with zero attached hydrogens (tertiary/aromatic N) is 5. The topological polar surface area (TPSA) is 38.9 Å². The first kappa shape index (κ1) is 33.9. The number of hydrogen-bond donors (Lipinski definition) is 0. The van der Waals surface area contributed by atoms with E-state index in [1.54, 1.807) is 0 Å². The lowest BCUT2D eigenvalue weighted by Crippen LogP contribution is -2.30. The number of hydrogen-bond acceptors (Lipinski definition) is 3. The van der Waals surface area contributed by atoms with E-state index in [0.29, 0.717) is 0 Å². The lowest BCUT2D eigenvalue weighted by molar-refractivity contribution is 0.581. The Balaban J connectivity index is 1.19. The van der Waals surface area contributed by atoms with E-state index in [-0.39, 0.29) is 21.7 Å². The maximum Gasteiger partial charge on any atom is 0.141 e. The van der Waals surface area contributed by atoms with Gasteiger partial charge in [0.15, 0.2) is 0 Å². The summed E-state index contributed by atoms with van der Waals surface area (Å²) in [6.07, 6.45) is 3.89. The van der Waals surface area contributed by atoms with Gasteiger partial charge in [0.1, 0.15) is 11.6 Å². The van der Waals surface area contributed by atoms with Gasteiger partial charge < -0.3 is 4.90 Å². The molecule has 12 rings (SSSR count). The molecule has 0 saturated heterocycles. The number of fused-ring (bicyclic) bond motifs is 12. The number of benzene rings is 5. The monoisotopic (exact) mass is 753 g/mol. The van der Waals surface area contributed by atoms with E-state index in [2.05, 4.69) is 186 Å². The molecule has 3 aliphatic rings. The summed E-state index contributed by atoms with van der Waals surface area (Å²) in [5.41, 5.74) is 17.0. The minimum absolute atomic E-state index is 0.000794. The predicted molar refractivity (Wildman–Crippen MR) is 240 cm³/mol. The van der Waals surface area contributed by atoms with E-state index in [4.69, 9.17) is 9.97 Å². The molecule has 0 saturated carbocycles. The molecule has 0 bridgehead atoms. The Morgan fingerprint density at radius 1 is 0.448 bits per heavy atom. The van der Waals surface area contributed by atoms with Crippen LogP contribution in [-0.2, 0) is 21.7 Å². The number of anilines is 3. The van der Waals surface area contributed by atoms with Crippen molar-refractivity contribution in [3.05, 3.63) is 161 Å². The Kier molecular flexibility index (Phi) is 6.22. The summed E-state index contributed by atoms with van der Waals surface area (Å²) in [7, 11) is 0. The van der Waals surface area contributed by atoms with Gasteiger partial charge in [-0.25, -0.2) is 9.97 Å². The van der Waals surface area contributed by atoms with Crippen molar-refractivity contribution in [2.24, 2.45) is 0 Å². The third kappa shape index (κ3) is 4.02. The highest BCUT2D eigenvalue weighted by Crippen LogP contribution is 2.56. The first-order valence-electron chi connectivity index (χ1n) is 20.8. The first-order chi connectivity index (χ1) is 27.7. The predicted octanol–water partition coefficient (Wildman–Crippen LogP) is 13.4. The molecule has 4 aromatic heterocycles. The van der Waals surface area contributed by atoms with E-state index >= 15 is 0 Å². The molecule has 5 heteroatoms. The number of pyridine rings is 2. The summed E-state index contributed by atoms with van der Waals surface area (Å²) in [5.74, 6) is 2.04. The van der Waals surface area contributed by atoms with Crippen LogP contribution < -0.4 is 4.90 Å². The Hall–Kier alpha value is -6.20. The third-order valence-electron chi connectivity index (χ3n) is 14.3. The van der Waals surface area contributed by atoms with Crippen molar-refractivity contribution in [3.8, 4) is 11.6 Å². The summed E-state index contributed by atoms with van der Waals surface area (Å²) in [6, 6.07) is 41.6. The van der Waals surface area contributed by atoms with Crippen LogP contribution in [0.2, 0.25) is 0 Å². The van der Waals surface area contributed by atoms with Crippen LogP contribution in [0.4, 0.5) is 17.1 Å². The summed E-state index contributed by atoms with van der Waals surface area (Å²) in [6.45, 7) is 21.2. The largest absolute Gasteiger partial charge is 0.310 e. The van der Waals surface area contributed by atoms with Crippen LogP contribution >= 0.6 is 0 Å². The number of para-hydroxylation sites is 2. The molecule has 5 aromatic carbocycles. The molecule has 0 radical (unpaired) electrons. The number of aromatic nitrogens is 4. The molecule has 0 spiro atoms. The van der Waals surface area contributed by atoms with Gasteiger partial charge in [0.2, 0.25) is 0 Å². The molecule has 0 N–H and O–H groups in total. The van der Waals surface area contributed by atoms with Crippen molar-refractivity contribution in [2.75, 3.05) is 4.90 Å². The van der Waals surface area contributed by atoms with Gasteiger partial charge in [-0.15, -0.1) is 0 Å². The van der Waals surface area contributed by atoms with Crippen LogP contribution in [0.1, 0.15) is 101 Å². The quantitative estimate of drug-likeness (QED) is 0.168. The minimum Gasteiger partial charge on any atom is -0.310 e. The van der Waals surface area contributed by atoms with E-state index in [1.807, 2.05) is 12.4 Å². The molecule has 284 valence electrons. The van der Waals surface area contributed by atoms with Crippen molar-refractivity contribution >= 4 is 60.7 Å². The molecule has 0 amide bonds. The van der Waals surface area contributed by atoms with E-state index in [9.17, 15) is 0 Å². The average molecular weight is 754 g/mol.